The summed E-state index contributed by atoms with van der Waals surface area (Å²) in [5, 5.41) is 1.52. The highest BCUT2D eigenvalue weighted by Gasteiger charge is 2.30. The molecular weight excluding hydrogens is 653 g/mol. The zero-order valence-corrected chi connectivity index (χ0v) is 28.2. The van der Waals surface area contributed by atoms with E-state index in [4.69, 9.17) is 34.8 Å². The van der Waals surface area contributed by atoms with E-state index >= 15 is 0 Å². The van der Waals surface area contributed by atoms with E-state index in [1.807, 2.05) is 146 Å². The molecule has 0 spiro atoms. The second kappa shape index (κ2) is 13.1. The Morgan fingerprint density at radius 2 is 0.521 bits per heavy atom. The molecule has 7 rings (SSSR count). The topological polar surface area (TPSA) is 9.72 Å². The van der Waals surface area contributed by atoms with Gasteiger partial charge in [-0.05, 0) is 71.3 Å². The van der Waals surface area contributed by atoms with Crippen molar-refractivity contribution in [3.8, 4) is 0 Å². The van der Waals surface area contributed by atoms with Crippen LogP contribution in [-0.2, 0) is 0 Å². The Balaban J connectivity index is 1.68. The van der Waals surface area contributed by atoms with Crippen LogP contribution in [0, 0.1) is 0 Å². The zero-order valence-electron chi connectivity index (χ0n) is 26.0. The lowest BCUT2D eigenvalue weighted by molar-refractivity contribution is 1.21. The van der Waals surface area contributed by atoms with E-state index in [1.165, 1.54) is 0 Å². The van der Waals surface area contributed by atoms with Gasteiger partial charge in [0.25, 0.3) is 0 Å². The molecule has 6 aromatic carbocycles. The van der Waals surface area contributed by atoms with Crippen LogP contribution in [0.5, 0.6) is 0 Å². The van der Waals surface area contributed by atoms with Crippen molar-refractivity contribution in [2.45, 2.75) is 0 Å². The third-order valence-corrected chi connectivity index (χ3v) is 9.67. The second-order valence-corrected chi connectivity index (χ2v) is 12.3. The Kier molecular flexibility index (Phi) is 8.60. The number of benzene rings is 6. The monoisotopic (exact) mass is 681 g/mol. The highest BCUT2D eigenvalue weighted by molar-refractivity contribution is 6.40. The van der Waals surface area contributed by atoms with E-state index in [0.717, 1.165) is 67.9 Å². The van der Waals surface area contributed by atoms with Crippen LogP contribution in [0.3, 0.4) is 0 Å². The molecular formula is C42H30Cl3N3. The molecule has 1 aliphatic rings. The van der Waals surface area contributed by atoms with Crippen LogP contribution in [-0.4, -0.2) is 0 Å². The van der Waals surface area contributed by atoms with Crippen molar-refractivity contribution in [3.63, 3.8) is 0 Å². The predicted molar refractivity (Wildman–Crippen MR) is 209 cm³/mol. The van der Waals surface area contributed by atoms with E-state index in [0.29, 0.717) is 15.1 Å². The third-order valence-electron chi connectivity index (χ3n) is 8.51. The van der Waals surface area contributed by atoms with Gasteiger partial charge in [-0.2, -0.15) is 0 Å². The van der Waals surface area contributed by atoms with E-state index in [1.54, 1.807) is 0 Å². The number of nitrogens with zero attached hydrogens (tertiary/aromatic N) is 3. The number of rotatable bonds is 6. The minimum absolute atomic E-state index is 0.507. The highest BCUT2D eigenvalue weighted by Crippen LogP contribution is 2.55. The van der Waals surface area contributed by atoms with Crippen molar-refractivity contribution in [1.82, 2.24) is 0 Å². The molecule has 0 saturated heterocycles. The fourth-order valence-electron chi connectivity index (χ4n) is 6.32. The molecule has 6 aromatic rings. The average molecular weight is 683 g/mol. The van der Waals surface area contributed by atoms with Gasteiger partial charge in [-0.15, -0.1) is 0 Å². The molecule has 0 aliphatic carbocycles. The van der Waals surface area contributed by atoms with Crippen LogP contribution in [0.25, 0.3) is 18.2 Å². The first kappa shape index (κ1) is 31.4. The molecule has 0 amide bonds. The maximum atomic E-state index is 7.57. The van der Waals surface area contributed by atoms with Crippen LogP contribution in [0.1, 0.15) is 16.7 Å². The third kappa shape index (κ3) is 5.17. The van der Waals surface area contributed by atoms with Crippen LogP contribution in [0.15, 0.2) is 147 Å². The average Bonchev–Trinajstić information content (AvgIpc) is 3.12. The lowest BCUT2D eigenvalue weighted by Crippen LogP contribution is -2.19. The first-order valence-electron chi connectivity index (χ1n) is 15.4. The maximum Gasteiger partial charge on any atom is 0.0887 e. The van der Waals surface area contributed by atoms with Gasteiger partial charge in [0, 0.05) is 0 Å². The minimum Gasteiger partial charge on any atom is -0.307 e. The Hall–Kier alpha value is -5.19. The molecule has 0 unspecified atom stereocenters. The number of anilines is 9. The summed E-state index contributed by atoms with van der Waals surface area (Å²) < 4.78 is 0. The van der Waals surface area contributed by atoms with Gasteiger partial charge in [-0.25, -0.2) is 0 Å². The number of halogens is 3. The minimum atomic E-state index is 0.507. The summed E-state index contributed by atoms with van der Waals surface area (Å²) in [5.41, 5.74) is 9.76. The molecule has 0 aromatic heterocycles. The maximum absolute atomic E-state index is 7.57. The van der Waals surface area contributed by atoms with Gasteiger partial charge in [-0.1, -0.05) is 146 Å². The Bertz CT molecular complexity index is 1910. The molecule has 48 heavy (non-hydrogen) atoms. The molecule has 0 fully saturated rings. The van der Waals surface area contributed by atoms with Crippen molar-refractivity contribution in [1.29, 1.82) is 0 Å². The summed E-state index contributed by atoms with van der Waals surface area (Å²) in [6.45, 7) is 12.4. The van der Waals surface area contributed by atoms with Crippen molar-refractivity contribution in [2.24, 2.45) is 0 Å². The number of para-hydroxylation sites is 3. The summed E-state index contributed by atoms with van der Waals surface area (Å²) in [4.78, 5) is 6.30. The smallest absolute Gasteiger partial charge is 0.0887 e. The normalized spacial score (nSPS) is 12.2. The molecule has 0 N–H and O–H groups in total. The van der Waals surface area contributed by atoms with Crippen LogP contribution < -0.4 is 14.7 Å². The lowest BCUT2D eigenvalue weighted by atomic mass is 10.0. The Labute approximate surface area is 296 Å². The molecule has 234 valence electrons. The summed E-state index contributed by atoms with van der Waals surface area (Å²) >= 11 is 22.7. The van der Waals surface area contributed by atoms with E-state index in [9.17, 15) is 0 Å². The molecule has 6 heteroatoms. The molecule has 6 bridgehead atoms. The van der Waals surface area contributed by atoms with Gasteiger partial charge in [0.15, 0.2) is 0 Å². The van der Waals surface area contributed by atoms with E-state index < -0.39 is 0 Å². The van der Waals surface area contributed by atoms with Gasteiger partial charge in [-0.3, -0.25) is 0 Å². The van der Waals surface area contributed by atoms with Gasteiger partial charge >= 0.3 is 0 Å². The Morgan fingerprint density at radius 1 is 0.312 bits per heavy atom. The predicted octanol–water partition coefficient (Wildman–Crippen LogP) is 14.3. The van der Waals surface area contributed by atoms with E-state index in [2.05, 4.69) is 34.4 Å². The molecule has 1 heterocycles. The number of fused-ring (bicyclic) bond motifs is 6. The zero-order chi connectivity index (χ0) is 33.4. The molecule has 0 saturated carbocycles. The van der Waals surface area contributed by atoms with E-state index in [-0.39, 0.29) is 0 Å². The largest absolute Gasteiger partial charge is 0.307 e. The van der Waals surface area contributed by atoms with Crippen molar-refractivity contribution >= 4 is 104 Å². The van der Waals surface area contributed by atoms with Crippen molar-refractivity contribution in [3.05, 3.63) is 179 Å². The molecule has 3 nitrogen and oxygen atoms in total. The first-order valence-corrected chi connectivity index (χ1v) is 16.5. The fourth-order valence-corrected chi connectivity index (χ4v) is 7.20. The standard InChI is InChI=1S/C42H30Cl3N3/c1-4-28-16-7-10-19-31(28)46-34-22-13-24-36(40(34)43)47(32-20-11-8-17-29(32)5-2)38-26-15-27-39(42(38)45)48(33-21-12-9-18-30(33)6-3)37-25-14-23-35(46)41(37)44/h4-27H,1-3H2. The van der Waals surface area contributed by atoms with Crippen molar-refractivity contribution < 1.29 is 0 Å². The fraction of sp³-hybridized carbons (Fsp3) is 0. The summed E-state index contributed by atoms with van der Waals surface area (Å²) in [6.07, 6.45) is 5.51. The highest BCUT2D eigenvalue weighted by atomic mass is 35.5. The lowest BCUT2D eigenvalue weighted by Gasteiger charge is -2.36. The Morgan fingerprint density at radius 3 is 0.750 bits per heavy atom. The second-order valence-electron chi connectivity index (χ2n) is 11.1. The number of hydrogen-bond donors (Lipinski definition) is 0. The van der Waals surface area contributed by atoms with Crippen molar-refractivity contribution in [2.75, 3.05) is 14.7 Å². The summed E-state index contributed by atoms with van der Waals surface area (Å²) in [7, 11) is 0. The number of hydrogen-bond acceptors (Lipinski definition) is 3. The van der Waals surface area contributed by atoms with Crippen LogP contribution in [0.4, 0.5) is 51.2 Å². The SMILES string of the molecule is C=Cc1ccccc1N1c2cccc(c2Cl)N(c2ccccc2C=C)c2cccc(c2Cl)N(c2ccccc2C=C)c2cccc1c2Cl. The molecule has 0 radical (unpaired) electrons. The quantitative estimate of drug-likeness (QED) is 0.173. The van der Waals surface area contributed by atoms with Gasteiger partial charge < -0.3 is 14.7 Å². The summed E-state index contributed by atoms with van der Waals surface area (Å²) in [6, 6.07) is 42.2. The molecule has 0 atom stereocenters. The first-order chi connectivity index (χ1) is 23.5. The van der Waals surface area contributed by atoms with Gasteiger partial charge in [0.2, 0.25) is 0 Å². The van der Waals surface area contributed by atoms with Crippen LogP contribution in [0.2, 0.25) is 15.1 Å². The van der Waals surface area contributed by atoms with Gasteiger partial charge in [0.05, 0.1) is 66.3 Å². The molecule has 1 aliphatic heterocycles. The van der Waals surface area contributed by atoms with Crippen LogP contribution >= 0.6 is 34.8 Å². The summed E-state index contributed by atoms with van der Waals surface area (Å²) in [5.74, 6) is 0. The van der Waals surface area contributed by atoms with Gasteiger partial charge in [0.1, 0.15) is 0 Å².